The van der Waals surface area contributed by atoms with E-state index in [9.17, 15) is 4.79 Å². The number of hydrogen-bond donors (Lipinski definition) is 1. The van der Waals surface area contributed by atoms with E-state index in [1.165, 1.54) is 7.11 Å². The molecule has 21 heavy (non-hydrogen) atoms. The number of esters is 1. The Morgan fingerprint density at radius 2 is 2.05 bits per heavy atom. The zero-order valence-corrected chi connectivity index (χ0v) is 13.2. The summed E-state index contributed by atoms with van der Waals surface area (Å²) in [6.07, 6.45) is 2.04. The van der Waals surface area contributed by atoms with Crippen molar-refractivity contribution in [1.29, 1.82) is 0 Å². The highest BCUT2D eigenvalue weighted by atomic mass is 79.9. The van der Waals surface area contributed by atoms with E-state index in [0.29, 0.717) is 16.2 Å². The Bertz CT molecular complexity index is 623. The van der Waals surface area contributed by atoms with Gasteiger partial charge < -0.3 is 15.4 Å². The van der Waals surface area contributed by atoms with Crippen molar-refractivity contribution >= 4 is 33.3 Å². The van der Waals surface area contributed by atoms with Gasteiger partial charge in [-0.2, -0.15) is 0 Å². The minimum Gasteiger partial charge on any atom is -0.464 e. The number of hydrogen-bond acceptors (Lipinski definition) is 5. The van der Waals surface area contributed by atoms with Crippen molar-refractivity contribution in [2.45, 2.75) is 19.0 Å². The SMILES string of the molecule is COC(=O)C1=NC(C2CC2)N(c2ccccc2)C(N)=C1Br. The quantitative estimate of drug-likeness (QED) is 0.850. The number of rotatable bonds is 3. The molecule has 0 bridgehead atoms. The van der Waals surface area contributed by atoms with Crippen LogP contribution in [0.1, 0.15) is 12.8 Å². The number of carbonyl (C=O) groups is 1. The van der Waals surface area contributed by atoms with Crippen LogP contribution in [-0.4, -0.2) is 25.0 Å². The van der Waals surface area contributed by atoms with Crippen molar-refractivity contribution in [3.05, 3.63) is 40.6 Å². The molecule has 1 aromatic carbocycles. The highest BCUT2D eigenvalue weighted by Crippen LogP contribution is 2.41. The molecule has 0 spiro atoms. The van der Waals surface area contributed by atoms with Gasteiger partial charge in [0.25, 0.3) is 0 Å². The van der Waals surface area contributed by atoms with Crippen LogP contribution in [0.2, 0.25) is 0 Å². The number of nitrogens with two attached hydrogens (primary N) is 1. The molecule has 110 valence electrons. The number of methoxy groups -OCH3 is 1. The Kier molecular flexibility index (Phi) is 3.71. The second-order valence-electron chi connectivity index (χ2n) is 5.13. The average molecular weight is 350 g/mol. The highest BCUT2D eigenvalue weighted by molar-refractivity contribution is 9.12. The number of carbonyl (C=O) groups excluding carboxylic acids is 1. The topological polar surface area (TPSA) is 67.9 Å². The summed E-state index contributed by atoms with van der Waals surface area (Å²) in [6, 6.07) is 9.85. The van der Waals surface area contributed by atoms with Gasteiger partial charge >= 0.3 is 5.97 Å². The first kappa shape index (κ1) is 14.1. The van der Waals surface area contributed by atoms with Crippen molar-refractivity contribution in [3.8, 4) is 0 Å². The van der Waals surface area contributed by atoms with Crippen LogP contribution < -0.4 is 10.6 Å². The van der Waals surface area contributed by atoms with Crippen LogP contribution in [0.5, 0.6) is 0 Å². The van der Waals surface area contributed by atoms with Crippen molar-refractivity contribution in [1.82, 2.24) is 0 Å². The van der Waals surface area contributed by atoms with Gasteiger partial charge in [0.1, 0.15) is 12.0 Å². The van der Waals surface area contributed by atoms with Crippen LogP contribution in [0.3, 0.4) is 0 Å². The molecule has 1 saturated carbocycles. The summed E-state index contributed by atoms with van der Waals surface area (Å²) in [4.78, 5) is 18.4. The third kappa shape index (κ3) is 2.55. The van der Waals surface area contributed by atoms with Crippen molar-refractivity contribution < 1.29 is 9.53 Å². The standard InChI is InChI=1S/C15H16BrN3O2/c1-21-15(20)12-11(16)13(17)19(10-5-3-2-4-6-10)14(18-12)9-7-8-9/h2-6,9,14H,7-8,17H2,1H3. The Hall–Kier alpha value is -1.82. The zero-order valence-electron chi connectivity index (χ0n) is 11.6. The fraction of sp³-hybridized carbons (Fsp3) is 0.333. The number of ether oxygens (including phenoxy) is 1. The lowest BCUT2D eigenvalue weighted by Gasteiger charge is -2.35. The molecule has 1 aliphatic heterocycles. The van der Waals surface area contributed by atoms with Crippen LogP contribution in [0, 0.1) is 5.92 Å². The lowest BCUT2D eigenvalue weighted by Crippen LogP contribution is -2.44. The van der Waals surface area contributed by atoms with E-state index in [4.69, 9.17) is 10.5 Å². The van der Waals surface area contributed by atoms with Crippen LogP contribution in [0.25, 0.3) is 0 Å². The lowest BCUT2D eigenvalue weighted by molar-refractivity contribution is -0.132. The van der Waals surface area contributed by atoms with Crippen molar-refractivity contribution in [3.63, 3.8) is 0 Å². The molecule has 1 atom stereocenters. The molecule has 5 nitrogen and oxygen atoms in total. The fourth-order valence-corrected chi connectivity index (χ4v) is 2.90. The molecule has 1 fully saturated rings. The Balaban J connectivity index is 2.05. The Morgan fingerprint density at radius 3 is 2.62 bits per heavy atom. The average Bonchev–Trinajstić information content (AvgIpc) is 3.34. The largest absolute Gasteiger partial charge is 0.464 e. The molecule has 3 rings (SSSR count). The van der Waals surface area contributed by atoms with Gasteiger partial charge in [-0.25, -0.2) is 4.79 Å². The van der Waals surface area contributed by atoms with Gasteiger partial charge in [0.05, 0.1) is 11.6 Å². The first-order chi connectivity index (χ1) is 10.1. The summed E-state index contributed by atoms with van der Waals surface area (Å²) in [5.74, 6) is 0.445. The molecule has 0 radical (unpaired) electrons. The number of benzene rings is 1. The predicted octanol–water partition coefficient (Wildman–Crippen LogP) is 2.38. The predicted molar refractivity (Wildman–Crippen MR) is 85.0 cm³/mol. The highest BCUT2D eigenvalue weighted by Gasteiger charge is 2.41. The van der Waals surface area contributed by atoms with E-state index in [-0.39, 0.29) is 11.9 Å². The van der Waals surface area contributed by atoms with Gasteiger partial charge in [-0.15, -0.1) is 0 Å². The molecule has 2 N–H and O–H groups in total. The van der Waals surface area contributed by atoms with Gasteiger partial charge in [0.15, 0.2) is 5.71 Å². The maximum Gasteiger partial charge on any atom is 0.357 e. The minimum absolute atomic E-state index is 0.150. The number of nitrogens with zero attached hydrogens (tertiary/aromatic N) is 2. The Labute approximate surface area is 131 Å². The molecule has 0 saturated heterocycles. The van der Waals surface area contributed by atoms with E-state index in [2.05, 4.69) is 20.9 Å². The van der Waals surface area contributed by atoms with Gasteiger partial charge in [-0.1, -0.05) is 18.2 Å². The molecule has 1 aliphatic carbocycles. The van der Waals surface area contributed by atoms with E-state index in [0.717, 1.165) is 18.5 Å². The molecule has 0 amide bonds. The number of anilines is 1. The molecule has 0 aromatic heterocycles. The van der Waals surface area contributed by atoms with Crippen LogP contribution in [0.15, 0.2) is 45.6 Å². The smallest absolute Gasteiger partial charge is 0.357 e. The molecular weight excluding hydrogens is 334 g/mol. The van der Waals surface area contributed by atoms with Gasteiger partial charge in [-0.3, -0.25) is 4.99 Å². The van der Waals surface area contributed by atoms with E-state index in [1.807, 2.05) is 35.2 Å². The maximum absolute atomic E-state index is 11.9. The number of aliphatic imine (C=N–C) groups is 1. The second kappa shape index (κ2) is 5.52. The minimum atomic E-state index is -0.469. The normalized spacial score (nSPS) is 22.1. The van der Waals surface area contributed by atoms with E-state index in [1.54, 1.807) is 0 Å². The summed E-state index contributed by atoms with van der Waals surface area (Å²) in [7, 11) is 1.34. The van der Waals surface area contributed by atoms with E-state index >= 15 is 0 Å². The summed E-state index contributed by atoms with van der Waals surface area (Å²) >= 11 is 3.38. The first-order valence-corrected chi connectivity index (χ1v) is 7.58. The van der Waals surface area contributed by atoms with Gasteiger partial charge in [0.2, 0.25) is 0 Å². The molecule has 1 unspecified atom stereocenters. The molecule has 1 heterocycles. The third-order valence-corrected chi connectivity index (χ3v) is 4.46. The molecule has 6 heteroatoms. The van der Waals surface area contributed by atoms with Crippen LogP contribution in [0.4, 0.5) is 5.69 Å². The first-order valence-electron chi connectivity index (χ1n) is 6.79. The number of halogens is 1. The van der Waals surface area contributed by atoms with Gasteiger partial charge in [0, 0.05) is 11.6 Å². The Morgan fingerprint density at radius 1 is 1.38 bits per heavy atom. The summed E-state index contributed by atoms with van der Waals surface area (Å²) < 4.78 is 5.27. The molecule has 2 aliphatic rings. The molecular formula is C15H16BrN3O2. The second-order valence-corrected chi connectivity index (χ2v) is 5.92. The zero-order chi connectivity index (χ0) is 15.0. The monoisotopic (exact) mass is 349 g/mol. The van der Waals surface area contributed by atoms with Crippen LogP contribution >= 0.6 is 15.9 Å². The van der Waals surface area contributed by atoms with Crippen molar-refractivity contribution in [2.24, 2.45) is 16.6 Å². The third-order valence-electron chi connectivity index (χ3n) is 3.67. The number of para-hydroxylation sites is 1. The fourth-order valence-electron chi connectivity index (χ4n) is 2.45. The van der Waals surface area contributed by atoms with Crippen LogP contribution in [-0.2, 0) is 9.53 Å². The van der Waals surface area contributed by atoms with Gasteiger partial charge in [-0.05, 0) is 40.9 Å². The summed E-state index contributed by atoms with van der Waals surface area (Å²) in [5.41, 5.74) is 7.50. The maximum atomic E-state index is 11.9. The van der Waals surface area contributed by atoms with Crippen molar-refractivity contribution in [2.75, 3.05) is 12.0 Å². The summed E-state index contributed by atoms with van der Waals surface area (Å²) in [6.45, 7) is 0. The summed E-state index contributed by atoms with van der Waals surface area (Å²) in [5, 5.41) is 0. The lowest BCUT2D eigenvalue weighted by atomic mass is 10.1. The van der Waals surface area contributed by atoms with E-state index < -0.39 is 5.97 Å². The molecule has 1 aromatic rings.